The van der Waals surface area contributed by atoms with Crippen LogP contribution in [0.3, 0.4) is 0 Å². The Balaban J connectivity index is 1.42. The van der Waals surface area contributed by atoms with Crippen LogP contribution in [-0.4, -0.2) is 45.3 Å². The summed E-state index contributed by atoms with van der Waals surface area (Å²) in [5.74, 6) is 0.698. The molecule has 3 aromatic rings. The summed E-state index contributed by atoms with van der Waals surface area (Å²) in [5.41, 5.74) is 1.28. The van der Waals surface area contributed by atoms with E-state index in [2.05, 4.69) is 0 Å². The molecule has 1 aliphatic heterocycles. The molecule has 0 spiro atoms. The normalized spacial score (nSPS) is 16.2. The number of hydrogen-bond acceptors (Lipinski definition) is 6. The van der Waals surface area contributed by atoms with Crippen molar-refractivity contribution in [2.24, 2.45) is 0 Å². The van der Waals surface area contributed by atoms with Crippen LogP contribution in [0.2, 0.25) is 0 Å². The van der Waals surface area contributed by atoms with Gasteiger partial charge in [0, 0.05) is 26.2 Å². The molecule has 0 N–H and O–H groups in total. The minimum absolute atomic E-state index is 0.0124. The summed E-state index contributed by atoms with van der Waals surface area (Å²) in [5, 5.41) is 0. The lowest BCUT2D eigenvalue weighted by Crippen LogP contribution is -2.38. The standard InChI is InChI=1S/C28H31FN2O6S2/c1-30(24-5-3-2-4-6-24)38(32,33)25-12-14-26(15-13-25)39(34,35)31(18-21-7-10-23(29)11-8-21)19-22-9-16-27-28(17-22)37-20-36-27/h7-17,24H,2-6,18-20H2,1H3. The van der Waals surface area contributed by atoms with E-state index in [-0.39, 0.29) is 35.7 Å². The lowest BCUT2D eigenvalue weighted by atomic mass is 9.96. The van der Waals surface area contributed by atoms with Crippen LogP contribution in [0.5, 0.6) is 11.5 Å². The summed E-state index contributed by atoms with van der Waals surface area (Å²) < 4.78 is 81.1. The van der Waals surface area contributed by atoms with Crippen molar-refractivity contribution >= 4 is 20.0 Å². The number of nitrogens with zero attached hydrogens (tertiary/aromatic N) is 2. The predicted molar refractivity (Wildman–Crippen MR) is 144 cm³/mol. The Kier molecular flexibility index (Phi) is 7.95. The Bertz CT molecular complexity index is 1520. The van der Waals surface area contributed by atoms with Gasteiger partial charge < -0.3 is 9.47 Å². The monoisotopic (exact) mass is 574 g/mol. The zero-order chi connectivity index (χ0) is 27.6. The van der Waals surface area contributed by atoms with Crippen molar-refractivity contribution in [2.75, 3.05) is 13.8 Å². The molecule has 208 valence electrons. The topological polar surface area (TPSA) is 93.2 Å². The number of halogens is 1. The minimum atomic E-state index is -4.07. The van der Waals surface area contributed by atoms with Crippen molar-refractivity contribution < 1.29 is 30.7 Å². The van der Waals surface area contributed by atoms with Crippen LogP contribution >= 0.6 is 0 Å². The number of rotatable bonds is 9. The molecule has 39 heavy (non-hydrogen) atoms. The summed E-state index contributed by atoms with van der Waals surface area (Å²) in [6.07, 6.45) is 4.74. The van der Waals surface area contributed by atoms with Gasteiger partial charge in [-0.25, -0.2) is 21.2 Å². The van der Waals surface area contributed by atoms with Gasteiger partial charge in [0.2, 0.25) is 26.8 Å². The Morgan fingerprint density at radius 1 is 0.744 bits per heavy atom. The molecule has 1 fully saturated rings. The molecular weight excluding hydrogens is 543 g/mol. The van der Waals surface area contributed by atoms with Gasteiger partial charge in [-0.05, 0) is 72.5 Å². The zero-order valence-corrected chi connectivity index (χ0v) is 23.3. The van der Waals surface area contributed by atoms with Crippen molar-refractivity contribution in [1.82, 2.24) is 8.61 Å². The van der Waals surface area contributed by atoms with Crippen molar-refractivity contribution in [3.8, 4) is 11.5 Å². The molecule has 0 radical (unpaired) electrons. The maximum atomic E-state index is 13.8. The van der Waals surface area contributed by atoms with Crippen molar-refractivity contribution in [3.05, 3.63) is 83.7 Å². The molecule has 2 aliphatic rings. The molecule has 3 aromatic carbocycles. The van der Waals surface area contributed by atoms with E-state index < -0.39 is 25.9 Å². The van der Waals surface area contributed by atoms with Crippen LogP contribution in [0.4, 0.5) is 4.39 Å². The van der Waals surface area contributed by atoms with E-state index >= 15 is 0 Å². The second-order valence-corrected chi connectivity index (χ2v) is 13.8. The number of sulfonamides is 2. The molecule has 0 saturated heterocycles. The second-order valence-electron chi connectivity index (χ2n) is 9.87. The maximum absolute atomic E-state index is 13.8. The fraction of sp³-hybridized carbons (Fsp3) is 0.357. The van der Waals surface area contributed by atoms with Gasteiger partial charge in [-0.1, -0.05) is 37.5 Å². The van der Waals surface area contributed by atoms with E-state index in [1.54, 1.807) is 25.2 Å². The van der Waals surface area contributed by atoms with Gasteiger partial charge in [0.05, 0.1) is 9.79 Å². The summed E-state index contributed by atoms with van der Waals surface area (Å²) in [4.78, 5) is 0.0139. The maximum Gasteiger partial charge on any atom is 0.243 e. The van der Waals surface area contributed by atoms with Crippen LogP contribution < -0.4 is 9.47 Å². The molecule has 0 atom stereocenters. The summed E-state index contributed by atoms with van der Waals surface area (Å²) in [7, 11) is -6.24. The van der Waals surface area contributed by atoms with Gasteiger partial charge in [-0.3, -0.25) is 0 Å². The predicted octanol–water partition coefficient (Wildman–Crippen LogP) is 4.90. The highest BCUT2D eigenvalue weighted by atomic mass is 32.2. The Labute approximate surface area is 229 Å². The minimum Gasteiger partial charge on any atom is -0.454 e. The van der Waals surface area contributed by atoms with Crippen LogP contribution in [0.15, 0.2) is 76.5 Å². The SMILES string of the molecule is CN(C1CCCCC1)S(=O)(=O)c1ccc(S(=O)(=O)N(Cc2ccc(F)cc2)Cc2ccc3c(c2)OCO3)cc1. The first-order valence-electron chi connectivity index (χ1n) is 12.9. The third-order valence-corrected chi connectivity index (χ3v) is 11.0. The number of benzene rings is 3. The Morgan fingerprint density at radius 2 is 1.31 bits per heavy atom. The smallest absolute Gasteiger partial charge is 0.243 e. The number of ether oxygens (including phenoxy) is 2. The first-order chi connectivity index (χ1) is 18.6. The molecule has 1 heterocycles. The van der Waals surface area contributed by atoms with Gasteiger partial charge in [-0.15, -0.1) is 0 Å². The molecule has 5 rings (SSSR count). The highest BCUT2D eigenvalue weighted by molar-refractivity contribution is 7.89. The van der Waals surface area contributed by atoms with E-state index in [4.69, 9.17) is 9.47 Å². The fourth-order valence-electron chi connectivity index (χ4n) is 5.00. The van der Waals surface area contributed by atoms with E-state index in [1.807, 2.05) is 0 Å². The molecule has 0 aromatic heterocycles. The molecule has 11 heteroatoms. The second kappa shape index (κ2) is 11.2. The Hall–Kier alpha value is -2.99. The van der Waals surface area contributed by atoms with Crippen LogP contribution in [0.1, 0.15) is 43.2 Å². The van der Waals surface area contributed by atoms with Crippen LogP contribution in [-0.2, 0) is 33.1 Å². The van der Waals surface area contributed by atoms with Crippen molar-refractivity contribution in [1.29, 1.82) is 0 Å². The van der Waals surface area contributed by atoms with E-state index in [9.17, 15) is 21.2 Å². The molecule has 0 bridgehead atoms. The van der Waals surface area contributed by atoms with Crippen LogP contribution in [0, 0.1) is 5.82 Å². The zero-order valence-electron chi connectivity index (χ0n) is 21.6. The molecule has 0 amide bonds. The lowest BCUT2D eigenvalue weighted by Gasteiger charge is -2.30. The van der Waals surface area contributed by atoms with E-state index in [0.717, 1.165) is 32.1 Å². The third-order valence-electron chi connectivity index (χ3n) is 7.30. The molecule has 8 nitrogen and oxygen atoms in total. The molecular formula is C28H31FN2O6S2. The lowest BCUT2D eigenvalue weighted by molar-refractivity contribution is 0.174. The number of fused-ring (bicyclic) bond motifs is 1. The summed E-state index contributed by atoms with van der Waals surface area (Å²) >= 11 is 0. The summed E-state index contributed by atoms with van der Waals surface area (Å²) in [6, 6.07) is 16.1. The van der Waals surface area contributed by atoms with Gasteiger partial charge in [0.25, 0.3) is 0 Å². The number of hydrogen-bond donors (Lipinski definition) is 0. The average Bonchev–Trinajstić information content (AvgIpc) is 3.42. The van der Waals surface area contributed by atoms with Gasteiger partial charge >= 0.3 is 0 Å². The fourth-order valence-corrected chi connectivity index (χ4v) is 7.83. The average molecular weight is 575 g/mol. The Morgan fingerprint density at radius 3 is 1.97 bits per heavy atom. The van der Waals surface area contributed by atoms with E-state index in [1.165, 1.54) is 57.1 Å². The van der Waals surface area contributed by atoms with Gasteiger partial charge in [0.1, 0.15) is 5.82 Å². The quantitative estimate of drug-likeness (QED) is 0.361. The van der Waals surface area contributed by atoms with Gasteiger partial charge in [-0.2, -0.15) is 8.61 Å². The largest absolute Gasteiger partial charge is 0.454 e. The molecule has 1 aliphatic carbocycles. The summed E-state index contributed by atoms with van der Waals surface area (Å²) in [6.45, 7) is 0.101. The highest BCUT2D eigenvalue weighted by Gasteiger charge is 2.31. The first-order valence-corrected chi connectivity index (χ1v) is 15.7. The van der Waals surface area contributed by atoms with Crippen molar-refractivity contribution in [2.45, 2.75) is 61.0 Å². The molecule has 1 saturated carbocycles. The van der Waals surface area contributed by atoms with Crippen molar-refractivity contribution in [3.63, 3.8) is 0 Å². The first kappa shape index (κ1) is 27.6. The third kappa shape index (κ3) is 5.96. The van der Waals surface area contributed by atoms with Gasteiger partial charge in [0.15, 0.2) is 11.5 Å². The van der Waals surface area contributed by atoms with Crippen LogP contribution in [0.25, 0.3) is 0 Å². The molecule has 0 unspecified atom stereocenters. The highest BCUT2D eigenvalue weighted by Crippen LogP contribution is 2.34. The van der Waals surface area contributed by atoms with E-state index in [0.29, 0.717) is 22.6 Å².